The second-order valence-corrected chi connectivity index (χ2v) is 12.8. The number of hydrogen-bond acceptors (Lipinski definition) is 7. The molecule has 0 bridgehead atoms. The molecule has 0 saturated heterocycles. The fraction of sp³-hybridized carbons (Fsp3) is 0.591. The number of amides is 2. The first-order chi connectivity index (χ1) is 15.3. The van der Waals surface area contributed by atoms with E-state index in [-0.39, 0.29) is 16.2 Å². The van der Waals surface area contributed by atoms with Crippen LogP contribution < -0.4 is 10.5 Å². The van der Waals surface area contributed by atoms with Gasteiger partial charge in [0.25, 0.3) is 0 Å². The summed E-state index contributed by atoms with van der Waals surface area (Å²) < 4.78 is 22.5. The van der Waals surface area contributed by atoms with E-state index in [4.69, 9.17) is 14.9 Å². The zero-order valence-electron chi connectivity index (χ0n) is 19.7. The smallest absolute Gasteiger partial charge is 0.354 e. The molecule has 2 aliphatic carbocycles. The Hall–Kier alpha value is -1.92. The average molecular weight is 494 g/mol. The fourth-order valence-corrected chi connectivity index (χ4v) is 6.93. The van der Waals surface area contributed by atoms with Crippen LogP contribution in [-0.4, -0.2) is 32.4 Å². The Morgan fingerprint density at radius 3 is 2.70 bits per heavy atom. The van der Waals surface area contributed by atoms with Crippen LogP contribution in [0.15, 0.2) is 8.57 Å². The second-order valence-electron chi connectivity index (χ2n) is 9.81. The molecule has 1 atom stereocenters. The highest BCUT2D eigenvalue weighted by Crippen LogP contribution is 2.44. The molecule has 0 saturated carbocycles. The van der Waals surface area contributed by atoms with Crippen LogP contribution in [0, 0.1) is 0 Å². The predicted octanol–water partition coefficient (Wildman–Crippen LogP) is 3.56. The molecule has 9 nitrogen and oxygen atoms in total. The van der Waals surface area contributed by atoms with Crippen LogP contribution in [0.2, 0.25) is 0 Å². The predicted molar refractivity (Wildman–Crippen MR) is 128 cm³/mol. The van der Waals surface area contributed by atoms with Crippen LogP contribution in [0.4, 0.5) is 10.5 Å². The minimum atomic E-state index is -3.61. The van der Waals surface area contributed by atoms with Crippen molar-refractivity contribution in [3.8, 4) is 0 Å². The maximum absolute atomic E-state index is 13.4. The summed E-state index contributed by atoms with van der Waals surface area (Å²) in [7, 11) is -2.14. The van der Waals surface area contributed by atoms with E-state index in [1.165, 1.54) is 7.11 Å². The van der Waals surface area contributed by atoms with Crippen molar-refractivity contribution in [2.75, 3.05) is 12.4 Å². The van der Waals surface area contributed by atoms with E-state index in [2.05, 4.69) is 28.5 Å². The molecule has 0 spiro atoms. The van der Waals surface area contributed by atoms with Crippen LogP contribution in [0.25, 0.3) is 0 Å². The number of anilines is 1. The van der Waals surface area contributed by atoms with E-state index in [0.717, 1.165) is 71.6 Å². The SMILES string of the molecule is COCc1nc(C(C)(C)O)sc1[S@@](N)(=O)=NC(=O)Nc1c2c(nc3c1CCC3(C)C)CCC2. The number of hydrogen-bond donors (Lipinski definition) is 3. The van der Waals surface area contributed by atoms with Crippen LogP contribution in [0.5, 0.6) is 0 Å². The van der Waals surface area contributed by atoms with Crippen molar-refractivity contribution < 1.29 is 18.8 Å². The number of methoxy groups -OCH3 is 1. The molecule has 0 radical (unpaired) electrons. The first-order valence-electron chi connectivity index (χ1n) is 11.0. The van der Waals surface area contributed by atoms with E-state index in [9.17, 15) is 14.1 Å². The first-order valence-corrected chi connectivity index (χ1v) is 13.4. The third-order valence-corrected chi connectivity index (χ3v) is 9.52. The Morgan fingerprint density at radius 2 is 2.03 bits per heavy atom. The lowest BCUT2D eigenvalue weighted by Gasteiger charge is -2.20. The average Bonchev–Trinajstić information content (AvgIpc) is 3.39. The number of carbonyl (C=O) groups is 1. The number of nitrogens with zero attached hydrogens (tertiary/aromatic N) is 3. The minimum absolute atomic E-state index is 0.0354. The van der Waals surface area contributed by atoms with Crippen LogP contribution >= 0.6 is 11.3 Å². The lowest BCUT2D eigenvalue weighted by Crippen LogP contribution is -2.20. The summed E-state index contributed by atoms with van der Waals surface area (Å²) in [6.45, 7) is 7.50. The van der Waals surface area contributed by atoms with Crippen molar-refractivity contribution in [3.63, 3.8) is 0 Å². The first kappa shape index (κ1) is 24.2. The Balaban J connectivity index is 1.72. The molecule has 180 valence electrons. The van der Waals surface area contributed by atoms with Crippen molar-refractivity contribution in [2.24, 2.45) is 9.50 Å². The van der Waals surface area contributed by atoms with Gasteiger partial charge in [-0.2, -0.15) is 0 Å². The van der Waals surface area contributed by atoms with Crippen molar-refractivity contribution in [1.82, 2.24) is 9.97 Å². The lowest BCUT2D eigenvalue weighted by atomic mass is 9.90. The summed E-state index contributed by atoms with van der Waals surface area (Å²) in [5.41, 5.74) is 3.86. The van der Waals surface area contributed by atoms with Crippen molar-refractivity contribution in [3.05, 3.63) is 33.2 Å². The summed E-state index contributed by atoms with van der Waals surface area (Å²) in [5.74, 6) is 0. The van der Waals surface area contributed by atoms with Gasteiger partial charge >= 0.3 is 6.03 Å². The number of carbonyl (C=O) groups excluding carboxylic acids is 1. The van der Waals surface area contributed by atoms with Gasteiger partial charge in [-0.05, 0) is 57.1 Å². The topological polar surface area (TPSA) is 140 Å². The van der Waals surface area contributed by atoms with E-state index in [1.807, 2.05) is 0 Å². The number of aromatic nitrogens is 2. The highest BCUT2D eigenvalue weighted by atomic mass is 32.2. The molecule has 0 aliphatic heterocycles. The zero-order chi connectivity index (χ0) is 24.2. The third kappa shape index (κ3) is 4.57. The number of rotatable bonds is 5. The maximum Gasteiger partial charge on any atom is 0.354 e. The molecule has 4 N–H and O–H groups in total. The molecular weight excluding hydrogens is 462 g/mol. The van der Waals surface area contributed by atoms with Crippen LogP contribution in [-0.2, 0) is 51.5 Å². The molecule has 0 aromatic carbocycles. The van der Waals surface area contributed by atoms with E-state index >= 15 is 0 Å². The van der Waals surface area contributed by atoms with Crippen molar-refractivity contribution in [2.45, 2.75) is 81.6 Å². The molecule has 2 heterocycles. The van der Waals surface area contributed by atoms with Crippen molar-refractivity contribution >= 4 is 33.0 Å². The summed E-state index contributed by atoms with van der Waals surface area (Å²) in [6, 6.07) is -0.767. The van der Waals surface area contributed by atoms with Gasteiger partial charge in [0, 0.05) is 18.2 Å². The van der Waals surface area contributed by atoms with Crippen LogP contribution in [0.3, 0.4) is 0 Å². The number of nitrogens with one attached hydrogen (secondary N) is 1. The zero-order valence-corrected chi connectivity index (χ0v) is 21.3. The second kappa shape index (κ2) is 8.38. The van der Waals surface area contributed by atoms with E-state index in [1.54, 1.807) is 13.8 Å². The minimum Gasteiger partial charge on any atom is -0.383 e. The Bertz CT molecular complexity index is 1240. The molecule has 2 aromatic heterocycles. The lowest BCUT2D eigenvalue weighted by molar-refractivity contribution is 0.0776. The molecular formula is C22H31N5O4S2. The van der Waals surface area contributed by atoms with Gasteiger partial charge in [-0.15, -0.1) is 15.7 Å². The van der Waals surface area contributed by atoms with Crippen LogP contribution in [0.1, 0.15) is 73.8 Å². The molecule has 2 aliphatic rings. The third-order valence-electron chi connectivity index (χ3n) is 6.15. The normalized spacial score (nSPS) is 18.5. The molecule has 0 unspecified atom stereocenters. The summed E-state index contributed by atoms with van der Waals surface area (Å²) in [6.07, 6.45) is 4.48. The van der Waals surface area contributed by atoms with E-state index in [0.29, 0.717) is 10.7 Å². The number of fused-ring (bicyclic) bond motifs is 2. The monoisotopic (exact) mass is 493 g/mol. The summed E-state index contributed by atoms with van der Waals surface area (Å²) >= 11 is 0.976. The van der Waals surface area contributed by atoms with Gasteiger partial charge in [-0.25, -0.2) is 19.1 Å². The fourth-order valence-electron chi connectivity index (χ4n) is 4.48. The molecule has 33 heavy (non-hydrogen) atoms. The van der Waals surface area contributed by atoms with Gasteiger partial charge in [0.15, 0.2) is 9.92 Å². The number of thiazole rings is 1. The number of aryl methyl sites for hydroxylation is 1. The molecule has 0 fully saturated rings. The van der Waals surface area contributed by atoms with Gasteiger partial charge < -0.3 is 15.2 Å². The molecule has 11 heteroatoms. The summed E-state index contributed by atoms with van der Waals surface area (Å²) in [4.78, 5) is 22.2. The Morgan fingerprint density at radius 1 is 1.30 bits per heavy atom. The van der Waals surface area contributed by atoms with Gasteiger partial charge in [0.05, 0.1) is 23.7 Å². The molecule has 4 rings (SSSR count). The largest absolute Gasteiger partial charge is 0.383 e. The molecule has 2 amide bonds. The number of pyridine rings is 1. The van der Waals surface area contributed by atoms with Crippen molar-refractivity contribution in [1.29, 1.82) is 0 Å². The number of aliphatic hydroxyl groups is 1. The van der Waals surface area contributed by atoms with Gasteiger partial charge in [0.1, 0.15) is 14.8 Å². The Kier molecular flexibility index (Phi) is 6.15. The van der Waals surface area contributed by atoms with Gasteiger partial charge in [-0.1, -0.05) is 13.8 Å². The maximum atomic E-state index is 13.4. The standard InChI is InChI=1S/C22H31N5O4S2/c1-21(2)10-9-13-16(12-7-6-8-14(12)24-17(13)21)26-20(28)27-33(23,30)18-15(11-31-5)25-19(32-18)22(3,4)29/h29H,6-11H2,1-5H3,(H3,23,24,26,27,28,30)/t33-/m0/s1. The number of ether oxygens (including phenoxy) is 1. The quantitative estimate of drug-likeness (QED) is 0.582. The highest BCUT2D eigenvalue weighted by Gasteiger charge is 2.36. The summed E-state index contributed by atoms with van der Waals surface area (Å²) in [5, 5.41) is 19.6. The van der Waals surface area contributed by atoms with E-state index < -0.39 is 21.5 Å². The number of nitrogens with two attached hydrogens (primary N) is 1. The highest BCUT2D eigenvalue weighted by molar-refractivity contribution is 7.93. The Labute approximate surface area is 198 Å². The number of urea groups is 1. The molecule has 2 aromatic rings. The van der Waals surface area contributed by atoms with Gasteiger partial charge in [-0.3, -0.25) is 4.98 Å². The van der Waals surface area contributed by atoms with Gasteiger partial charge in [0.2, 0.25) is 0 Å².